The molecule has 4 heteroatoms. The van der Waals surface area contributed by atoms with Gasteiger partial charge in [-0.1, -0.05) is 64.7 Å². The van der Waals surface area contributed by atoms with E-state index in [1.165, 1.54) is 64.9 Å². The lowest BCUT2D eigenvalue weighted by Gasteiger charge is -2.09. The Morgan fingerprint density at radius 1 is 0.950 bits per heavy atom. The van der Waals surface area contributed by atoms with E-state index in [0.29, 0.717) is 12.3 Å². The number of rotatable bonds is 13. The van der Waals surface area contributed by atoms with Crippen LogP contribution in [0.25, 0.3) is 0 Å². The molecule has 0 aromatic rings. The molecule has 0 saturated heterocycles. The molecule has 0 spiro atoms. The van der Waals surface area contributed by atoms with Crippen LogP contribution in [0.5, 0.6) is 0 Å². The van der Waals surface area contributed by atoms with Gasteiger partial charge in [-0.05, 0) is 18.9 Å². The van der Waals surface area contributed by atoms with Gasteiger partial charge in [0.25, 0.3) is 0 Å². The van der Waals surface area contributed by atoms with Crippen LogP contribution in [0.4, 0.5) is 0 Å². The van der Waals surface area contributed by atoms with Crippen molar-refractivity contribution in [3.05, 3.63) is 0 Å². The Morgan fingerprint density at radius 3 is 1.85 bits per heavy atom. The van der Waals surface area contributed by atoms with Crippen LogP contribution in [0.1, 0.15) is 77.6 Å². The summed E-state index contributed by atoms with van der Waals surface area (Å²) < 4.78 is 4.67. The lowest BCUT2D eigenvalue weighted by molar-refractivity contribution is -0.141. The van der Waals surface area contributed by atoms with E-state index < -0.39 is 0 Å². The average Bonchev–Trinajstić information content (AvgIpc) is 2.40. The van der Waals surface area contributed by atoms with E-state index in [2.05, 4.69) is 11.7 Å². The summed E-state index contributed by atoms with van der Waals surface area (Å²) in [6, 6.07) is 0. The minimum absolute atomic E-state index is 0. The van der Waals surface area contributed by atoms with Crippen LogP contribution in [0, 0.1) is 5.92 Å². The Balaban J connectivity index is 0. The lowest BCUT2D eigenvalue weighted by atomic mass is 9.99. The fourth-order valence-corrected chi connectivity index (χ4v) is 2.34. The van der Waals surface area contributed by atoms with Gasteiger partial charge >= 0.3 is 5.97 Å². The zero-order valence-corrected chi connectivity index (χ0v) is 14.2. The van der Waals surface area contributed by atoms with Gasteiger partial charge in [-0.15, -0.1) is 12.4 Å². The number of nitrogens with two attached hydrogens (primary N) is 1. The highest BCUT2D eigenvalue weighted by atomic mass is 35.5. The molecule has 0 aliphatic heterocycles. The van der Waals surface area contributed by atoms with E-state index in [9.17, 15) is 4.79 Å². The second-order valence-corrected chi connectivity index (χ2v) is 5.64. The fraction of sp³-hybridized carbons (Fsp3) is 0.938. The summed E-state index contributed by atoms with van der Waals surface area (Å²) in [5.74, 6) is 0.383. The molecular weight excluding hydrogens is 274 g/mol. The molecule has 0 bridgehead atoms. The molecule has 20 heavy (non-hydrogen) atoms. The molecule has 0 aliphatic carbocycles. The van der Waals surface area contributed by atoms with Gasteiger partial charge in [0.2, 0.25) is 0 Å². The topological polar surface area (TPSA) is 52.3 Å². The van der Waals surface area contributed by atoms with Crippen LogP contribution in [-0.2, 0) is 9.53 Å². The minimum Gasteiger partial charge on any atom is -0.469 e. The molecule has 0 aromatic carbocycles. The predicted octanol–water partition coefficient (Wildman–Crippen LogP) is 4.47. The summed E-state index contributed by atoms with van der Waals surface area (Å²) in [4.78, 5) is 11.1. The molecule has 0 rings (SSSR count). The number of hydrogen-bond donors (Lipinski definition) is 1. The summed E-state index contributed by atoms with van der Waals surface area (Å²) in [6.07, 6.45) is 13.5. The van der Waals surface area contributed by atoms with Gasteiger partial charge in [0.15, 0.2) is 0 Å². The smallest absolute Gasteiger partial charge is 0.305 e. The highest BCUT2D eigenvalue weighted by molar-refractivity contribution is 5.85. The second kappa shape index (κ2) is 16.8. The third-order valence-corrected chi connectivity index (χ3v) is 3.64. The van der Waals surface area contributed by atoms with Crippen molar-refractivity contribution in [2.75, 3.05) is 13.7 Å². The van der Waals surface area contributed by atoms with Crippen molar-refractivity contribution in [3.8, 4) is 0 Å². The monoisotopic (exact) mass is 307 g/mol. The number of hydrogen-bond acceptors (Lipinski definition) is 3. The summed E-state index contributed by atoms with van der Waals surface area (Å²) in [5, 5.41) is 0. The van der Waals surface area contributed by atoms with Crippen molar-refractivity contribution < 1.29 is 9.53 Å². The van der Waals surface area contributed by atoms with E-state index in [1.54, 1.807) is 0 Å². The van der Waals surface area contributed by atoms with Gasteiger partial charge in [-0.25, -0.2) is 0 Å². The van der Waals surface area contributed by atoms with Gasteiger partial charge < -0.3 is 10.5 Å². The Hall–Kier alpha value is -0.280. The first kappa shape index (κ1) is 22.0. The van der Waals surface area contributed by atoms with Crippen molar-refractivity contribution in [3.63, 3.8) is 0 Å². The van der Waals surface area contributed by atoms with E-state index in [1.807, 2.05) is 0 Å². The molecule has 0 amide bonds. The largest absolute Gasteiger partial charge is 0.469 e. The first-order valence-corrected chi connectivity index (χ1v) is 7.97. The van der Waals surface area contributed by atoms with Gasteiger partial charge in [0, 0.05) is 6.42 Å². The number of esters is 1. The van der Waals surface area contributed by atoms with Crippen LogP contribution in [0.3, 0.4) is 0 Å². The molecular formula is C16H34ClNO2. The lowest BCUT2D eigenvalue weighted by Crippen LogP contribution is -2.06. The van der Waals surface area contributed by atoms with Crippen LogP contribution in [-0.4, -0.2) is 19.6 Å². The van der Waals surface area contributed by atoms with Gasteiger partial charge in [0.05, 0.1) is 7.11 Å². The molecule has 2 N–H and O–H groups in total. The number of ether oxygens (including phenoxy) is 1. The van der Waals surface area contributed by atoms with Gasteiger partial charge in [-0.2, -0.15) is 0 Å². The first-order chi connectivity index (χ1) is 9.20. The second-order valence-electron chi connectivity index (χ2n) is 5.64. The Morgan fingerprint density at radius 2 is 1.40 bits per heavy atom. The summed E-state index contributed by atoms with van der Waals surface area (Å²) in [7, 11) is 1.46. The highest BCUT2D eigenvalue weighted by Gasteiger charge is 2.08. The third kappa shape index (κ3) is 15.8. The van der Waals surface area contributed by atoms with Crippen molar-refractivity contribution in [1.29, 1.82) is 0 Å². The van der Waals surface area contributed by atoms with Crippen LogP contribution >= 0.6 is 12.4 Å². The third-order valence-electron chi connectivity index (χ3n) is 3.64. The highest BCUT2D eigenvalue weighted by Crippen LogP contribution is 2.15. The van der Waals surface area contributed by atoms with Crippen molar-refractivity contribution in [2.24, 2.45) is 11.7 Å². The molecule has 3 nitrogen and oxygen atoms in total. The van der Waals surface area contributed by atoms with Crippen molar-refractivity contribution in [2.45, 2.75) is 77.6 Å². The number of halogens is 1. The summed E-state index contributed by atoms with van der Waals surface area (Å²) in [6.45, 7) is 2.97. The van der Waals surface area contributed by atoms with E-state index in [0.717, 1.165) is 13.0 Å². The molecule has 0 aromatic heterocycles. The standard InChI is InChI=1S/C16H33NO2.ClH/c1-15(14-16(18)19-2)12-10-8-6-4-3-5-7-9-11-13-17;/h15H,3-14,17H2,1-2H3;1H. The zero-order chi connectivity index (χ0) is 14.3. The normalized spacial score (nSPS) is 11.8. The number of methoxy groups -OCH3 is 1. The van der Waals surface area contributed by atoms with Crippen LogP contribution < -0.4 is 5.73 Å². The fourth-order valence-electron chi connectivity index (χ4n) is 2.34. The van der Waals surface area contributed by atoms with Crippen molar-refractivity contribution >= 4 is 18.4 Å². The number of carbonyl (C=O) groups is 1. The SMILES string of the molecule is COC(=O)CC(C)CCCCCCCCCCCN.Cl. The molecule has 0 aliphatic rings. The Labute approximate surface area is 131 Å². The molecule has 122 valence electrons. The number of carbonyl (C=O) groups excluding carboxylic acids is 1. The quantitative estimate of drug-likeness (QED) is 0.403. The minimum atomic E-state index is -0.0787. The van der Waals surface area contributed by atoms with E-state index in [-0.39, 0.29) is 18.4 Å². The maximum absolute atomic E-state index is 11.1. The van der Waals surface area contributed by atoms with E-state index >= 15 is 0 Å². The summed E-state index contributed by atoms with van der Waals surface area (Å²) in [5.41, 5.74) is 5.46. The summed E-state index contributed by atoms with van der Waals surface area (Å²) >= 11 is 0. The molecule has 0 saturated carbocycles. The van der Waals surface area contributed by atoms with Gasteiger partial charge in [0.1, 0.15) is 0 Å². The zero-order valence-electron chi connectivity index (χ0n) is 13.4. The Kier molecular flexibility index (Phi) is 18.5. The predicted molar refractivity (Wildman–Crippen MR) is 88.3 cm³/mol. The van der Waals surface area contributed by atoms with Crippen LogP contribution in [0.15, 0.2) is 0 Å². The average molecular weight is 308 g/mol. The maximum Gasteiger partial charge on any atom is 0.305 e. The molecule has 1 atom stereocenters. The van der Waals surface area contributed by atoms with E-state index in [4.69, 9.17) is 5.73 Å². The molecule has 0 heterocycles. The maximum atomic E-state index is 11.1. The molecule has 0 fully saturated rings. The first-order valence-electron chi connectivity index (χ1n) is 7.97. The molecule has 1 unspecified atom stereocenters. The molecule has 0 radical (unpaired) electrons. The van der Waals surface area contributed by atoms with Crippen LogP contribution in [0.2, 0.25) is 0 Å². The van der Waals surface area contributed by atoms with Gasteiger partial charge in [-0.3, -0.25) is 4.79 Å². The number of unbranched alkanes of at least 4 members (excludes halogenated alkanes) is 8. The van der Waals surface area contributed by atoms with Crippen molar-refractivity contribution in [1.82, 2.24) is 0 Å². The Bertz CT molecular complexity index is 213.